The molecule has 1 aromatic rings. The zero-order chi connectivity index (χ0) is 12.8. The Morgan fingerprint density at radius 1 is 1.67 bits per heavy atom. The topological polar surface area (TPSA) is 64.4 Å². The van der Waals surface area contributed by atoms with E-state index in [0.29, 0.717) is 24.6 Å². The Bertz CT molecular complexity index is 467. The predicted octanol–water partition coefficient (Wildman–Crippen LogP) is 0.825. The summed E-state index contributed by atoms with van der Waals surface area (Å²) in [5.74, 6) is 6.10. The highest BCUT2D eigenvalue weighted by Crippen LogP contribution is 2.14. The average Bonchev–Trinajstić information content (AvgIpc) is 3.04. The fourth-order valence-corrected chi connectivity index (χ4v) is 2.50. The summed E-state index contributed by atoms with van der Waals surface area (Å²) in [5, 5.41) is 4.75. The quantitative estimate of drug-likeness (QED) is 0.795. The number of hydrogen-bond donors (Lipinski definition) is 2. The second kappa shape index (κ2) is 6.55. The molecule has 1 aliphatic rings. The molecule has 1 atom stereocenters. The number of nitrogens with one attached hydrogen (secondary N) is 1. The monoisotopic (exact) mass is 264 g/mol. The molecule has 2 heterocycles. The lowest BCUT2D eigenvalue weighted by atomic mass is 10.1. The molecule has 18 heavy (non-hydrogen) atoms. The van der Waals surface area contributed by atoms with E-state index < -0.39 is 0 Å². The van der Waals surface area contributed by atoms with Gasteiger partial charge in [0.2, 0.25) is 0 Å². The van der Waals surface area contributed by atoms with Crippen LogP contribution in [0.4, 0.5) is 0 Å². The summed E-state index contributed by atoms with van der Waals surface area (Å²) in [6.07, 6.45) is 1.02. The van der Waals surface area contributed by atoms with Gasteiger partial charge in [-0.05, 0) is 12.5 Å². The van der Waals surface area contributed by atoms with Crippen molar-refractivity contribution >= 4 is 17.2 Å². The van der Waals surface area contributed by atoms with Crippen LogP contribution in [0.1, 0.15) is 21.7 Å². The van der Waals surface area contributed by atoms with Crippen LogP contribution in [0.25, 0.3) is 0 Å². The average molecular weight is 264 g/mol. The normalized spacial score (nSPS) is 18.2. The molecule has 2 rings (SSSR count). The van der Waals surface area contributed by atoms with Crippen molar-refractivity contribution in [3.8, 4) is 11.8 Å². The molecule has 3 N–H and O–H groups in total. The Balaban J connectivity index is 1.86. The summed E-state index contributed by atoms with van der Waals surface area (Å²) in [6, 6.07) is 1.80. The lowest BCUT2D eigenvalue weighted by Crippen LogP contribution is -2.29. The molecule has 5 heteroatoms. The largest absolute Gasteiger partial charge is 0.381 e. The van der Waals surface area contributed by atoms with Crippen molar-refractivity contribution in [2.75, 3.05) is 26.3 Å². The summed E-state index contributed by atoms with van der Waals surface area (Å²) in [4.78, 5) is 12.7. The van der Waals surface area contributed by atoms with E-state index in [2.05, 4.69) is 17.2 Å². The fraction of sp³-hybridized carbons (Fsp3) is 0.462. The Kier molecular flexibility index (Phi) is 4.76. The van der Waals surface area contributed by atoms with Crippen LogP contribution in [0.5, 0.6) is 0 Å². The van der Waals surface area contributed by atoms with E-state index in [-0.39, 0.29) is 5.91 Å². The summed E-state index contributed by atoms with van der Waals surface area (Å²) < 4.78 is 5.26. The lowest BCUT2D eigenvalue weighted by molar-refractivity contribution is 0.0945. The first-order valence-electron chi connectivity index (χ1n) is 5.93. The highest BCUT2D eigenvalue weighted by Gasteiger charge is 2.17. The molecule has 0 bridgehead atoms. The van der Waals surface area contributed by atoms with Gasteiger partial charge in [-0.1, -0.05) is 11.8 Å². The van der Waals surface area contributed by atoms with Gasteiger partial charge in [-0.3, -0.25) is 4.79 Å². The van der Waals surface area contributed by atoms with Crippen LogP contribution in [-0.4, -0.2) is 32.2 Å². The number of carbonyl (C=O) groups is 1. The Labute approximate surface area is 111 Å². The van der Waals surface area contributed by atoms with Gasteiger partial charge in [-0.2, -0.15) is 0 Å². The van der Waals surface area contributed by atoms with Crippen LogP contribution in [0.2, 0.25) is 0 Å². The van der Waals surface area contributed by atoms with Crippen LogP contribution < -0.4 is 11.1 Å². The molecule has 0 aromatic carbocycles. The number of amides is 1. The van der Waals surface area contributed by atoms with Crippen molar-refractivity contribution in [1.82, 2.24) is 5.32 Å². The highest BCUT2D eigenvalue weighted by molar-refractivity contribution is 7.10. The molecule has 0 spiro atoms. The fourth-order valence-electron chi connectivity index (χ4n) is 1.74. The van der Waals surface area contributed by atoms with E-state index in [0.717, 1.165) is 24.5 Å². The minimum absolute atomic E-state index is 0.0426. The van der Waals surface area contributed by atoms with Crippen molar-refractivity contribution < 1.29 is 9.53 Å². The standard InChI is InChI=1S/C13H16N2O2S/c14-4-1-2-12-6-11(9-18-12)13(16)15-7-10-3-5-17-8-10/h6,9-10H,3-5,7-8,14H2,(H,15,16). The zero-order valence-electron chi connectivity index (χ0n) is 10.1. The van der Waals surface area contributed by atoms with Crippen LogP contribution in [0, 0.1) is 17.8 Å². The van der Waals surface area contributed by atoms with Gasteiger partial charge in [-0.25, -0.2) is 0 Å². The van der Waals surface area contributed by atoms with Gasteiger partial charge >= 0.3 is 0 Å². The summed E-state index contributed by atoms with van der Waals surface area (Å²) in [6.45, 7) is 2.56. The van der Waals surface area contributed by atoms with Crippen molar-refractivity contribution in [2.24, 2.45) is 11.7 Å². The number of rotatable bonds is 3. The van der Waals surface area contributed by atoms with Crippen LogP contribution in [0.3, 0.4) is 0 Å². The predicted molar refractivity (Wildman–Crippen MR) is 71.5 cm³/mol. The molecular formula is C13H16N2O2S. The summed E-state index contributed by atoms with van der Waals surface area (Å²) >= 11 is 1.46. The van der Waals surface area contributed by atoms with E-state index in [1.165, 1.54) is 11.3 Å². The third-order valence-corrected chi connectivity index (χ3v) is 3.60. The summed E-state index contributed by atoms with van der Waals surface area (Å²) in [5.41, 5.74) is 5.97. The first-order chi connectivity index (χ1) is 8.79. The molecule has 1 saturated heterocycles. The Morgan fingerprint density at radius 2 is 2.56 bits per heavy atom. The SMILES string of the molecule is NCC#Cc1cc(C(=O)NCC2CCOC2)cs1. The van der Waals surface area contributed by atoms with E-state index in [4.69, 9.17) is 10.5 Å². The molecule has 1 aromatic heterocycles. The van der Waals surface area contributed by atoms with Crippen LogP contribution >= 0.6 is 11.3 Å². The number of ether oxygens (including phenoxy) is 1. The number of nitrogens with two attached hydrogens (primary N) is 1. The van der Waals surface area contributed by atoms with E-state index in [9.17, 15) is 4.79 Å². The zero-order valence-corrected chi connectivity index (χ0v) is 10.9. The lowest BCUT2D eigenvalue weighted by Gasteiger charge is -2.08. The second-order valence-electron chi connectivity index (χ2n) is 4.15. The molecule has 4 nitrogen and oxygen atoms in total. The van der Waals surface area contributed by atoms with Gasteiger partial charge in [0, 0.05) is 24.4 Å². The number of thiophene rings is 1. The van der Waals surface area contributed by atoms with Gasteiger partial charge in [0.15, 0.2) is 0 Å². The van der Waals surface area contributed by atoms with Gasteiger partial charge < -0.3 is 15.8 Å². The Morgan fingerprint density at radius 3 is 3.28 bits per heavy atom. The molecular weight excluding hydrogens is 248 g/mol. The van der Waals surface area contributed by atoms with Crippen molar-refractivity contribution in [3.63, 3.8) is 0 Å². The number of hydrogen-bond acceptors (Lipinski definition) is 4. The molecule has 1 unspecified atom stereocenters. The van der Waals surface area contributed by atoms with Crippen molar-refractivity contribution in [1.29, 1.82) is 0 Å². The third kappa shape index (κ3) is 3.57. The maximum atomic E-state index is 11.9. The highest BCUT2D eigenvalue weighted by atomic mass is 32.1. The maximum absolute atomic E-state index is 11.9. The minimum atomic E-state index is -0.0426. The van der Waals surface area contributed by atoms with Crippen molar-refractivity contribution in [3.05, 3.63) is 21.9 Å². The number of carbonyl (C=O) groups excluding carboxylic acids is 1. The van der Waals surface area contributed by atoms with Crippen molar-refractivity contribution in [2.45, 2.75) is 6.42 Å². The second-order valence-corrected chi connectivity index (χ2v) is 5.06. The van der Waals surface area contributed by atoms with Gasteiger partial charge in [0.05, 0.1) is 23.6 Å². The molecule has 0 radical (unpaired) electrons. The van der Waals surface area contributed by atoms with E-state index in [1.54, 1.807) is 6.07 Å². The van der Waals surface area contributed by atoms with Gasteiger partial charge in [0.1, 0.15) is 0 Å². The first kappa shape index (κ1) is 13.1. The smallest absolute Gasteiger partial charge is 0.252 e. The molecule has 1 fully saturated rings. The minimum Gasteiger partial charge on any atom is -0.381 e. The van der Waals surface area contributed by atoms with E-state index in [1.807, 2.05) is 5.38 Å². The third-order valence-electron chi connectivity index (χ3n) is 2.75. The van der Waals surface area contributed by atoms with Crippen LogP contribution in [0.15, 0.2) is 11.4 Å². The summed E-state index contributed by atoms with van der Waals surface area (Å²) in [7, 11) is 0. The van der Waals surface area contributed by atoms with Gasteiger partial charge in [-0.15, -0.1) is 11.3 Å². The first-order valence-corrected chi connectivity index (χ1v) is 6.81. The molecule has 1 aliphatic heterocycles. The van der Waals surface area contributed by atoms with Gasteiger partial charge in [0.25, 0.3) is 5.91 Å². The van der Waals surface area contributed by atoms with Crippen LogP contribution in [-0.2, 0) is 4.74 Å². The molecule has 0 aliphatic carbocycles. The molecule has 1 amide bonds. The molecule has 96 valence electrons. The Hall–Kier alpha value is -1.35. The van der Waals surface area contributed by atoms with E-state index >= 15 is 0 Å². The maximum Gasteiger partial charge on any atom is 0.252 e. The molecule has 0 saturated carbocycles.